The van der Waals surface area contributed by atoms with Crippen LogP contribution in [0.3, 0.4) is 0 Å². The van der Waals surface area contributed by atoms with E-state index in [0.29, 0.717) is 27.5 Å². The summed E-state index contributed by atoms with van der Waals surface area (Å²) in [6.07, 6.45) is 0.0411. The smallest absolute Gasteiger partial charge is 0.272 e. The summed E-state index contributed by atoms with van der Waals surface area (Å²) in [7, 11) is 0. The molecule has 1 heterocycles. The van der Waals surface area contributed by atoms with E-state index in [1.165, 1.54) is 30.0 Å². The van der Waals surface area contributed by atoms with Crippen molar-refractivity contribution in [1.29, 1.82) is 0 Å². The monoisotopic (exact) mass is 385 g/mol. The van der Waals surface area contributed by atoms with Crippen LogP contribution >= 0.6 is 11.8 Å². The van der Waals surface area contributed by atoms with Crippen LogP contribution in [0.1, 0.15) is 26.3 Å². The van der Waals surface area contributed by atoms with Gasteiger partial charge in [0.15, 0.2) is 0 Å². The normalized spacial score (nSPS) is 14.5. The summed E-state index contributed by atoms with van der Waals surface area (Å²) >= 11 is 1.31. The van der Waals surface area contributed by atoms with Gasteiger partial charge in [-0.3, -0.25) is 9.59 Å². The SMILES string of the molecule is CCSC1=C(c2ccc(OC(C)C)cc2)C(=O)N(c2cccc(F)c2)C1=O. The molecule has 2 aromatic rings. The van der Waals surface area contributed by atoms with Gasteiger partial charge in [-0.15, -0.1) is 11.8 Å². The van der Waals surface area contributed by atoms with Gasteiger partial charge in [0.25, 0.3) is 11.8 Å². The van der Waals surface area contributed by atoms with Crippen LogP contribution in [0.15, 0.2) is 53.4 Å². The Labute approximate surface area is 162 Å². The number of imide groups is 1. The minimum absolute atomic E-state index is 0.0411. The molecule has 0 atom stereocenters. The average Bonchev–Trinajstić information content (AvgIpc) is 2.86. The largest absolute Gasteiger partial charge is 0.491 e. The lowest BCUT2D eigenvalue weighted by Gasteiger charge is -2.15. The molecular weight excluding hydrogens is 365 g/mol. The molecule has 0 fully saturated rings. The van der Waals surface area contributed by atoms with Crippen LogP contribution in [0.2, 0.25) is 0 Å². The predicted octanol–water partition coefficient (Wildman–Crippen LogP) is 4.65. The minimum atomic E-state index is -0.499. The Morgan fingerprint density at radius 1 is 1.07 bits per heavy atom. The van der Waals surface area contributed by atoms with Gasteiger partial charge in [-0.2, -0.15) is 0 Å². The molecule has 2 aromatic carbocycles. The molecule has 3 rings (SSSR count). The van der Waals surface area contributed by atoms with Gasteiger partial charge < -0.3 is 4.74 Å². The lowest BCUT2D eigenvalue weighted by molar-refractivity contribution is -0.119. The van der Waals surface area contributed by atoms with E-state index in [2.05, 4.69) is 0 Å². The molecule has 0 radical (unpaired) electrons. The Hall–Kier alpha value is -2.60. The van der Waals surface area contributed by atoms with Crippen molar-refractivity contribution in [1.82, 2.24) is 0 Å². The molecule has 0 saturated carbocycles. The van der Waals surface area contributed by atoms with Gasteiger partial charge in [-0.25, -0.2) is 9.29 Å². The molecule has 1 aliphatic rings. The molecule has 0 spiro atoms. The van der Waals surface area contributed by atoms with Gasteiger partial charge in [0.05, 0.1) is 22.3 Å². The quantitative estimate of drug-likeness (QED) is 0.679. The molecule has 0 N–H and O–H groups in total. The number of ether oxygens (including phenoxy) is 1. The molecule has 0 unspecified atom stereocenters. The summed E-state index contributed by atoms with van der Waals surface area (Å²) in [5.74, 6) is -0.0306. The third kappa shape index (κ3) is 3.90. The van der Waals surface area contributed by atoms with E-state index in [0.717, 1.165) is 4.90 Å². The maximum Gasteiger partial charge on any atom is 0.272 e. The third-order valence-corrected chi connectivity index (χ3v) is 4.87. The second-order valence-corrected chi connectivity index (χ2v) is 7.53. The molecular formula is C21H20FNO3S. The first-order valence-electron chi connectivity index (χ1n) is 8.71. The fourth-order valence-corrected chi connectivity index (χ4v) is 3.72. The Bertz CT molecular complexity index is 906. The second-order valence-electron chi connectivity index (χ2n) is 6.25. The number of anilines is 1. The van der Waals surface area contributed by atoms with Gasteiger partial charge in [0, 0.05) is 0 Å². The molecule has 0 saturated heterocycles. The molecule has 2 amide bonds. The molecule has 0 aliphatic carbocycles. The zero-order valence-corrected chi connectivity index (χ0v) is 16.2. The maximum atomic E-state index is 13.6. The first-order chi connectivity index (χ1) is 12.9. The summed E-state index contributed by atoms with van der Waals surface area (Å²) < 4.78 is 19.2. The van der Waals surface area contributed by atoms with Gasteiger partial charge in [0.1, 0.15) is 11.6 Å². The van der Waals surface area contributed by atoms with E-state index >= 15 is 0 Å². The predicted molar refractivity (Wildman–Crippen MR) is 106 cm³/mol. The third-order valence-electron chi connectivity index (χ3n) is 3.91. The average molecular weight is 385 g/mol. The van der Waals surface area contributed by atoms with E-state index in [1.807, 2.05) is 20.8 Å². The number of halogens is 1. The van der Waals surface area contributed by atoms with E-state index in [4.69, 9.17) is 4.74 Å². The highest BCUT2D eigenvalue weighted by Gasteiger charge is 2.40. The number of nitrogens with zero attached hydrogens (tertiary/aromatic N) is 1. The van der Waals surface area contributed by atoms with Crippen molar-refractivity contribution in [3.8, 4) is 5.75 Å². The van der Waals surface area contributed by atoms with Crippen molar-refractivity contribution in [3.63, 3.8) is 0 Å². The van der Waals surface area contributed by atoms with Gasteiger partial charge in [-0.05, 0) is 55.5 Å². The van der Waals surface area contributed by atoms with Gasteiger partial charge >= 0.3 is 0 Å². The highest BCUT2D eigenvalue weighted by atomic mass is 32.2. The van der Waals surface area contributed by atoms with E-state index in [-0.39, 0.29) is 11.8 Å². The summed E-state index contributed by atoms with van der Waals surface area (Å²) in [5.41, 5.74) is 1.21. The fraction of sp³-hybridized carbons (Fsp3) is 0.238. The highest BCUT2D eigenvalue weighted by molar-refractivity contribution is 8.04. The van der Waals surface area contributed by atoms with Crippen LogP contribution < -0.4 is 9.64 Å². The topological polar surface area (TPSA) is 46.6 Å². The van der Waals surface area contributed by atoms with Crippen molar-refractivity contribution in [2.24, 2.45) is 0 Å². The molecule has 6 heteroatoms. The van der Waals surface area contributed by atoms with Gasteiger partial charge in [0.2, 0.25) is 0 Å². The molecule has 0 bridgehead atoms. The summed E-state index contributed by atoms with van der Waals surface area (Å²) in [6.45, 7) is 5.78. The van der Waals surface area contributed by atoms with Crippen LogP contribution in [0.25, 0.3) is 5.57 Å². The first-order valence-corrected chi connectivity index (χ1v) is 9.69. The van der Waals surface area contributed by atoms with Crippen LogP contribution in [-0.2, 0) is 9.59 Å². The summed E-state index contributed by atoms with van der Waals surface area (Å²) in [6, 6.07) is 12.6. The summed E-state index contributed by atoms with van der Waals surface area (Å²) in [5, 5.41) is 0. The number of carbonyl (C=O) groups is 2. The second kappa shape index (κ2) is 7.96. The Morgan fingerprint density at radius 2 is 1.78 bits per heavy atom. The molecule has 27 heavy (non-hydrogen) atoms. The Morgan fingerprint density at radius 3 is 2.37 bits per heavy atom. The number of benzene rings is 2. The number of hydrogen-bond acceptors (Lipinski definition) is 4. The van der Waals surface area contributed by atoms with Crippen molar-refractivity contribution >= 4 is 34.8 Å². The number of carbonyl (C=O) groups excluding carboxylic acids is 2. The van der Waals surface area contributed by atoms with Crippen molar-refractivity contribution < 1.29 is 18.7 Å². The zero-order chi connectivity index (χ0) is 19.6. The Balaban J connectivity index is 2.01. The fourth-order valence-electron chi connectivity index (χ4n) is 2.86. The molecule has 140 valence electrons. The lowest BCUT2D eigenvalue weighted by atomic mass is 10.1. The van der Waals surface area contributed by atoms with E-state index in [9.17, 15) is 14.0 Å². The highest BCUT2D eigenvalue weighted by Crippen LogP contribution is 2.38. The van der Waals surface area contributed by atoms with E-state index < -0.39 is 17.6 Å². The standard InChI is InChI=1S/C21H20FNO3S/c1-4-27-19-18(14-8-10-17(11-9-14)26-13(2)3)20(24)23(21(19)25)16-7-5-6-15(22)12-16/h5-13H,4H2,1-3H3. The van der Waals surface area contributed by atoms with Crippen molar-refractivity contribution in [2.45, 2.75) is 26.9 Å². The number of hydrogen-bond donors (Lipinski definition) is 0. The number of rotatable bonds is 6. The van der Waals surface area contributed by atoms with Crippen LogP contribution in [0.4, 0.5) is 10.1 Å². The lowest BCUT2D eigenvalue weighted by Crippen LogP contribution is -2.31. The zero-order valence-electron chi connectivity index (χ0n) is 15.4. The minimum Gasteiger partial charge on any atom is -0.491 e. The molecule has 1 aliphatic heterocycles. The summed E-state index contributed by atoms with van der Waals surface area (Å²) in [4.78, 5) is 27.4. The van der Waals surface area contributed by atoms with Crippen LogP contribution in [-0.4, -0.2) is 23.7 Å². The molecule has 0 aromatic heterocycles. The number of thioether (sulfide) groups is 1. The van der Waals surface area contributed by atoms with Crippen LogP contribution in [0.5, 0.6) is 5.75 Å². The number of amides is 2. The first kappa shape index (κ1) is 19.2. The van der Waals surface area contributed by atoms with E-state index in [1.54, 1.807) is 30.3 Å². The Kier molecular flexibility index (Phi) is 5.65. The van der Waals surface area contributed by atoms with Crippen molar-refractivity contribution in [2.75, 3.05) is 10.7 Å². The maximum absolute atomic E-state index is 13.6. The van der Waals surface area contributed by atoms with Crippen LogP contribution in [0, 0.1) is 5.82 Å². The van der Waals surface area contributed by atoms with Gasteiger partial charge in [-0.1, -0.05) is 25.1 Å². The molecule has 4 nitrogen and oxygen atoms in total. The van der Waals surface area contributed by atoms with Crippen molar-refractivity contribution in [3.05, 3.63) is 64.8 Å².